The van der Waals surface area contributed by atoms with Gasteiger partial charge in [-0.3, -0.25) is 4.79 Å². The maximum Gasteiger partial charge on any atom is 0.351 e. The molecule has 0 aliphatic rings. The fourth-order valence-electron chi connectivity index (χ4n) is 1.09. The minimum absolute atomic E-state index is 0.275. The molecular weight excluding hydrogens is 220 g/mol. The Morgan fingerprint density at radius 1 is 1.35 bits per heavy atom. The first kappa shape index (κ1) is 12.9. The van der Waals surface area contributed by atoms with E-state index in [0.717, 1.165) is 11.8 Å². The third-order valence-electron chi connectivity index (χ3n) is 1.94. The third-order valence-corrected chi connectivity index (χ3v) is 1.94. The molecule has 1 amide bonds. The van der Waals surface area contributed by atoms with E-state index in [2.05, 4.69) is 15.3 Å². The van der Waals surface area contributed by atoms with Gasteiger partial charge in [0, 0.05) is 5.56 Å². The van der Waals surface area contributed by atoms with Crippen molar-refractivity contribution in [3.63, 3.8) is 0 Å². The molecule has 0 aliphatic heterocycles. The van der Waals surface area contributed by atoms with E-state index >= 15 is 0 Å². The van der Waals surface area contributed by atoms with Crippen molar-refractivity contribution in [2.45, 2.75) is 13.8 Å². The van der Waals surface area contributed by atoms with Gasteiger partial charge in [-0.2, -0.15) is 5.10 Å². The number of ether oxygens (including phenoxy) is 1. The number of hydrazone groups is 1. The van der Waals surface area contributed by atoms with Gasteiger partial charge in [-0.05, 0) is 26.0 Å². The highest BCUT2D eigenvalue weighted by molar-refractivity contribution is 6.23. The molecule has 0 aromatic heterocycles. The Morgan fingerprint density at radius 3 is 2.59 bits per heavy atom. The molecule has 0 bridgehead atoms. The molecule has 0 radical (unpaired) electrons. The highest BCUT2D eigenvalue weighted by Crippen LogP contribution is 2.02. The number of benzene rings is 1. The molecule has 5 nitrogen and oxygen atoms in total. The number of amides is 1. The van der Waals surface area contributed by atoms with Gasteiger partial charge in [-0.1, -0.05) is 17.7 Å². The molecule has 17 heavy (non-hydrogen) atoms. The molecule has 0 saturated carbocycles. The lowest BCUT2D eigenvalue weighted by Gasteiger charge is -2.00. The van der Waals surface area contributed by atoms with Crippen molar-refractivity contribution >= 4 is 18.1 Å². The molecule has 0 fully saturated rings. The van der Waals surface area contributed by atoms with E-state index in [0.29, 0.717) is 5.56 Å². The van der Waals surface area contributed by atoms with Crippen LogP contribution in [0.4, 0.5) is 0 Å². The summed E-state index contributed by atoms with van der Waals surface area (Å²) in [5.74, 6) is -0.956. The molecule has 1 aromatic carbocycles. The lowest BCUT2D eigenvalue weighted by atomic mass is 10.1. The standard InChI is InChI=1S/C12H14N2O3/c1-3-17-11(15)8-13-14-12(16)10-6-4-9(2)5-7-10/h4-8H,3H2,1-2H3,(H,14,16)/b13-8+. The number of esters is 1. The van der Waals surface area contributed by atoms with Gasteiger partial charge in [0.05, 0.1) is 6.61 Å². The van der Waals surface area contributed by atoms with Crippen LogP contribution in [0.2, 0.25) is 0 Å². The van der Waals surface area contributed by atoms with Gasteiger partial charge in [0.1, 0.15) is 6.21 Å². The second kappa shape index (κ2) is 6.42. The average molecular weight is 234 g/mol. The van der Waals surface area contributed by atoms with Crippen LogP contribution < -0.4 is 5.43 Å². The highest BCUT2D eigenvalue weighted by atomic mass is 16.5. The van der Waals surface area contributed by atoms with Crippen LogP contribution >= 0.6 is 0 Å². The van der Waals surface area contributed by atoms with Crippen molar-refractivity contribution in [2.75, 3.05) is 6.61 Å². The average Bonchev–Trinajstić information content (AvgIpc) is 2.30. The third kappa shape index (κ3) is 4.46. The van der Waals surface area contributed by atoms with Gasteiger partial charge < -0.3 is 4.74 Å². The molecule has 0 unspecified atom stereocenters. The van der Waals surface area contributed by atoms with Gasteiger partial charge >= 0.3 is 5.97 Å². The molecule has 0 spiro atoms. The van der Waals surface area contributed by atoms with Gasteiger partial charge in [-0.25, -0.2) is 10.2 Å². The normalized spacial score (nSPS) is 10.2. The zero-order valence-corrected chi connectivity index (χ0v) is 9.77. The minimum atomic E-state index is -0.586. The van der Waals surface area contributed by atoms with Crippen molar-refractivity contribution < 1.29 is 14.3 Å². The quantitative estimate of drug-likeness (QED) is 0.484. The first-order chi connectivity index (χ1) is 8.13. The van der Waals surface area contributed by atoms with Crippen molar-refractivity contribution in [1.29, 1.82) is 0 Å². The first-order valence-corrected chi connectivity index (χ1v) is 5.20. The van der Waals surface area contributed by atoms with Crippen LogP contribution in [0.25, 0.3) is 0 Å². The number of carbonyl (C=O) groups is 2. The largest absolute Gasteiger partial charge is 0.462 e. The van der Waals surface area contributed by atoms with E-state index in [1.54, 1.807) is 19.1 Å². The maximum atomic E-state index is 11.5. The Bertz CT molecular complexity index is 424. The zero-order valence-electron chi connectivity index (χ0n) is 9.77. The van der Waals surface area contributed by atoms with Crippen molar-refractivity contribution in [3.8, 4) is 0 Å². The summed E-state index contributed by atoms with van der Waals surface area (Å²) >= 11 is 0. The molecule has 1 rings (SSSR count). The number of nitrogens with zero attached hydrogens (tertiary/aromatic N) is 1. The molecule has 90 valence electrons. The van der Waals surface area contributed by atoms with Crippen LogP contribution in [0, 0.1) is 6.92 Å². The number of carbonyl (C=O) groups excluding carboxylic acids is 2. The van der Waals surface area contributed by atoms with Crippen LogP contribution in [0.5, 0.6) is 0 Å². The van der Waals surface area contributed by atoms with Gasteiger partial charge in [0.25, 0.3) is 5.91 Å². The van der Waals surface area contributed by atoms with Crippen LogP contribution in [-0.2, 0) is 9.53 Å². The first-order valence-electron chi connectivity index (χ1n) is 5.20. The summed E-state index contributed by atoms with van der Waals surface area (Å²) in [6.07, 6.45) is 0.926. The fraction of sp³-hybridized carbons (Fsp3) is 0.250. The van der Waals surface area contributed by atoms with E-state index in [4.69, 9.17) is 0 Å². The second-order valence-corrected chi connectivity index (χ2v) is 3.32. The number of rotatable bonds is 4. The van der Waals surface area contributed by atoms with E-state index in [-0.39, 0.29) is 12.5 Å². The number of aryl methyl sites for hydroxylation is 1. The number of hydrogen-bond donors (Lipinski definition) is 1. The Kier molecular flexibility index (Phi) is 4.87. The van der Waals surface area contributed by atoms with E-state index in [1.165, 1.54) is 0 Å². The van der Waals surface area contributed by atoms with E-state index in [1.807, 2.05) is 19.1 Å². The molecule has 0 heterocycles. The van der Waals surface area contributed by atoms with Crippen molar-refractivity contribution in [3.05, 3.63) is 35.4 Å². The predicted octanol–water partition coefficient (Wildman–Crippen LogP) is 1.27. The summed E-state index contributed by atoms with van der Waals surface area (Å²) in [7, 11) is 0. The topological polar surface area (TPSA) is 67.8 Å². The maximum absolute atomic E-state index is 11.5. The second-order valence-electron chi connectivity index (χ2n) is 3.32. The molecule has 1 aromatic rings. The van der Waals surface area contributed by atoms with Crippen LogP contribution in [-0.4, -0.2) is 24.7 Å². The highest BCUT2D eigenvalue weighted by Gasteiger charge is 2.03. The van der Waals surface area contributed by atoms with Crippen LogP contribution in [0.15, 0.2) is 29.4 Å². The smallest absolute Gasteiger partial charge is 0.351 e. The Balaban J connectivity index is 2.50. The van der Waals surface area contributed by atoms with Gasteiger partial charge in [0.2, 0.25) is 0 Å². The summed E-state index contributed by atoms with van der Waals surface area (Å²) in [4.78, 5) is 22.4. The predicted molar refractivity (Wildman–Crippen MR) is 63.8 cm³/mol. The molecule has 0 saturated heterocycles. The molecule has 5 heteroatoms. The summed E-state index contributed by atoms with van der Waals surface area (Å²) in [6, 6.07) is 7.02. The molecule has 0 atom stereocenters. The SMILES string of the molecule is CCOC(=O)/C=N/NC(=O)c1ccc(C)cc1. The lowest BCUT2D eigenvalue weighted by Crippen LogP contribution is -2.19. The van der Waals surface area contributed by atoms with Crippen LogP contribution in [0.1, 0.15) is 22.8 Å². The van der Waals surface area contributed by atoms with E-state index < -0.39 is 5.97 Å². The number of hydrogen-bond acceptors (Lipinski definition) is 4. The number of nitrogens with one attached hydrogen (secondary N) is 1. The molecular formula is C12H14N2O3. The van der Waals surface area contributed by atoms with Gasteiger partial charge in [-0.15, -0.1) is 0 Å². The monoisotopic (exact) mass is 234 g/mol. The fourth-order valence-corrected chi connectivity index (χ4v) is 1.09. The Hall–Kier alpha value is -2.17. The zero-order chi connectivity index (χ0) is 12.7. The van der Waals surface area contributed by atoms with Gasteiger partial charge in [0.15, 0.2) is 0 Å². The van der Waals surface area contributed by atoms with E-state index in [9.17, 15) is 9.59 Å². The van der Waals surface area contributed by atoms with Crippen LogP contribution in [0.3, 0.4) is 0 Å². The molecule has 0 aliphatic carbocycles. The minimum Gasteiger partial charge on any atom is -0.462 e. The summed E-state index contributed by atoms with van der Waals surface area (Å²) in [5.41, 5.74) is 3.79. The van der Waals surface area contributed by atoms with Crippen molar-refractivity contribution in [2.24, 2.45) is 5.10 Å². The summed E-state index contributed by atoms with van der Waals surface area (Å²) < 4.78 is 4.61. The van der Waals surface area contributed by atoms with Crippen molar-refractivity contribution in [1.82, 2.24) is 5.43 Å². The Labute approximate surface area is 99.5 Å². The molecule has 1 N–H and O–H groups in total. The summed E-state index contributed by atoms with van der Waals surface area (Å²) in [5, 5.41) is 3.49. The summed E-state index contributed by atoms with van der Waals surface area (Å²) in [6.45, 7) is 3.90. The lowest BCUT2D eigenvalue weighted by molar-refractivity contribution is -0.134. The Morgan fingerprint density at radius 2 is 2.00 bits per heavy atom.